The lowest BCUT2D eigenvalue weighted by Gasteiger charge is -2.09. The van der Waals surface area contributed by atoms with Crippen LogP contribution < -0.4 is 5.32 Å². The van der Waals surface area contributed by atoms with Crippen molar-refractivity contribution in [3.8, 4) is 0 Å². The summed E-state index contributed by atoms with van der Waals surface area (Å²) in [6.45, 7) is 4.49. The van der Waals surface area contributed by atoms with Gasteiger partial charge in [0.2, 0.25) is 0 Å². The Labute approximate surface area is 122 Å². The van der Waals surface area contributed by atoms with Crippen molar-refractivity contribution in [3.05, 3.63) is 40.7 Å². The highest BCUT2D eigenvalue weighted by molar-refractivity contribution is 6.29. The number of H-pyrrole nitrogens is 1. The second-order valence-corrected chi connectivity index (χ2v) is 5.08. The number of halogens is 1. The van der Waals surface area contributed by atoms with Gasteiger partial charge in [-0.25, -0.2) is 9.97 Å². The molecule has 2 rings (SSSR count). The van der Waals surface area contributed by atoms with Crippen LogP contribution in [0.2, 0.25) is 5.15 Å². The molecule has 0 aliphatic rings. The number of aromatic nitrogens is 4. The van der Waals surface area contributed by atoms with Crippen molar-refractivity contribution in [2.75, 3.05) is 6.54 Å². The Morgan fingerprint density at radius 2 is 2.25 bits per heavy atom. The van der Waals surface area contributed by atoms with Crippen LogP contribution in [0.25, 0.3) is 0 Å². The number of amides is 1. The molecule has 0 bridgehead atoms. The Balaban J connectivity index is 1.98. The molecular formula is C13H16ClN5O. The highest BCUT2D eigenvalue weighted by Crippen LogP contribution is 2.17. The smallest absolute Gasteiger partial charge is 0.251 e. The van der Waals surface area contributed by atoms with Gasteiger partial charge in [0.1, 0.15) is 17.3 Å². The molecule has 1 amide bonds. The fourth-order valence-corrected chi connectivity index (χ4v) is 1.91. The van der Waals surface area contributed by atoms with Crippen molar-refractivity contribution >= 4 is 17.5 Å². The van der Waals surface area contributed by atoms with E-state index in [4.69, 9.17) is 11.6 Å². The monoisotopic (exact) mass is 293 g/mol. The Morgan fingerprint density at radius 1 is 1.45 bits per heavy atom. The van der Waals surface area contributed by atoms with Gasteiger partial charge in [-0.3, -0.25) is 9.89 Å². The Bertz CT molecular complexity index is 582. The number of nitrogens with zero attached hydrogens (tertiary/aromatic N) is 3. The normalized spacial score (nSPS) is 10.8. The van der Waals surface area contributed by atoms with Crippen molar-refractivity contribution in [2.45, 2.75) is 26.2 Å². The van der Waals surface area contributed by atoms with Crippen LogP contribution in [0.15, 0.2) is 18.5 Å². The van der Waals surface area contributed by atoms with Crippen LogP contribution in [0.1, 0.15) is 41.6 Å². The molecule has 0 atom stereocenters. The summed E-state index contributed by atoms with van der Waals surface area (Å²) in [5.41, 5.74) is 1.32. The first-order valence-electron chi connectivity index (χ1n) is 6.36. The molecule has 106 valence electrons. The largest absolute Gasteiger partial charge is 0.352 e. The van der Waals surface area contributed by atoms with Gasteiger partial charge in [-0.15, -0.1) is 0 Å². The molecule has 0 aromatic carbocycles. The SMILES string of the molecule is CC(C)c1cc(C(=O)NCCc2ncn[nH]2)cc(Cl)n1. The van der Waals surface area contributed by atoms with E-state index in [-0.39, 0.29) is 11.8 Å². The minimum absolute atomic E-state index is 0.171. The van der Waals surface area contributed by atoms with E-state index in [0.29, 0.717) is 23.7 Å². The van der Waals surface area contributed by atoms with E-state index in [2.05, 4.69) is 25.5 Å². The number of carbonyl (C=O) groups is 1. The van der Waals surface area contributed by atoms with Crippen molar-refractivity contribution < 1.29 is 4.79 Å². The van der Waals surface area contributed by atoms with Crippen molar-refractivity contribution in [2.24, 2.45) is 0 Å². The van der Waals surface area contributed by atoms with Gasteiger partial charge in [-0.05, 0) is 18.1 Å². The third-order valence-electron chi connectivity index (χ3n) is 2.78. The lowest BCUT2D eigenvalue weighted by Crippen LogP contribution is -2.26. The molecule has 2 aromatic heterocycles. The fourth-order valence-electron chi connectivity index (χ4n) is 1.69. The van der Waals surface area contributed by atoms with E-state index >= 15 is 0 Å². The zero-order chi connectivity index (χ0) is 14.5. The predicted molar refractivity (Wildman–Crippen MR) is 75.8 cm³/mol. The molecule has 0 aliphatic heterocycles. The summed E-state index contributed by atoms with van der Waals surface area (Å²) < 4.78 is 0. The molecule has 0 radical (unpaired) electrons. The number of pyridine rings is 1. The summed E-state index contributed by atoms with van der Waals surface area (Å²) in [5, 5.41) is 9.63. The summed E-state index contributed by atoms with van der Waals surface area (Å²) in [6.07, 6.45) is 2.04. The Morgan fingerprint density at radius 3 is 2.90 bits per heavy atom. The topological polar surface area (TPSA) is 83.6 Å². The van der Waals surface area contributed by atoms with E-state index in [9.17, 15) is 4.79 Å². The number of hydrogen-bond donors (Lipinski definition) is 2. The zero-order valence-corrected chi connectivity index (χ0v) is 12.1. The molecule has 20 heavy (non-hydrogen) atoms. The average molecular weight is 294 g/mol. The first-order chi connectivity index (χ1) is 9.56. The first-order valence-corrected chi connectivity index (χ1v) is 6.74. The standard InChI is InChI=1S/C13H16ClN5O/c1-8(2)10-5-9(6-11(14)18-10)13(20)15-4-3-12-16-7-17-19-12/h5-8H,3-4H2,1-2H3,(H,15,20)(H,16,17,19). The maximum absolute atomic E-state index is 12.1. The van der Waals surface area contributed by atoms with Crippen LogP contribution >= 0.6 is 11.6 Å². The number of hydrogen-bond acceptors (Lipinski definition) is 4. The third-order valence-corrected chi connectivity index (χ3v) is 2.97. The number of nitrogens with one attached hydrogen (secondary N) is 2. The van der Waals surface area contributed by atoms with E-state index in [0.717, 1.165) is 11.5 Å². The second-order valence-electron chi connectivity index (χ2n) is 4.70. The van der Waals surface area contributed by atoms with Gasteiger partial charge in [0.15, 0.2) is 0 Å². The van der Waals surface area contributed by atoms with Gasteiger partial charge in [-0.2, -0.15) is 5.10 Å². The van der Waals surface area contributed by atoms with Crippen LogP contribution in [0.4, 0.5) is 0 Å². The van der Waals surface area contributed by atoms with E-state index in [1.54, 1.807) is 12.1 Å². The summed E-state index contributed by atoms with van der Waals surface area (Å²) in [7, 11) is 0. The summed E-state index contributed by atoms with van der Waals surface area (Å²) in [5.74, 6) is 0.783. The van der Waals surface area contributed by atoms with Gasteiger partial charge in [0, 0.05) is 24.2 Å². The molecule has 2 N–H and O–H groups in total. The van der Waals surface area contributed by atoms with Crippen molar-refractivity contribution in [1.29, 1.82) is 0 Å². The van der Waals surface area contributed by atoms with E-state index in [1.165, 1.54) is 6.33 Å². The zero-order valence-electron chi connectivity index (χ0n) is 11.4. The molecule has 2 heterocycles. The van der Waals surface area contributed by atoms with Gasteiger partial charge in [-0.1, -0.05) is 25.4 Å². The second kappa shape index (κ2) is 6.47. The first kappa shape index (κ1) is 14.5. The summed E-state index contributed by atoms with van der Waals surface area (Å²) in [6, 6.07) is 3.33. The van der Waals surface area contributed by atoms with E-state index < -0.39 is 0 Å². The molecule has 2 aromatic rings. The fraction of sp³-hybridized carbons (Fsp3) is 0.385. The lowest BCUT2D eigenvalue weighted by molar-refractivity contribution is 0.0953. The van der Waals surface area contributed by atoms with Crippen LogP contribution in [0.5, 0.6) is 0 Å². The van der Waals surface area contributed by atoms with Gasteiger partial charge < -0.3 is 5.32 Å². The minimum Gasteiger partial charge on any atom is -0.352 e. The molecular weight excluding hydrogens is 278 g/mol. The molecule has 0 fully saturated rings. The van der Waals surface area contributed by atoms with Crippen LogP contribution in [0.3, 0.4) is 0 Å². The maximum Gasteiger partial charge on any atom is 0.251 e. The minimum atomic E-state index is -0.171. The average Bonchev–Trinajstić information content (AvgIpc) is 2.91. The van der Waals surface area contributed by atoms with Gasteiger partial charge >= 0.3 is 0 Å². The van der Waals surface area contributed by atoms with Crippen molar-refractivity contribution in [3.63, 3.8) is 0 Å². The van der Waals surface area contributed by atoms with Gasteiger partial charge in [0.05, 0.1) is 0 Å². The third kappa shape index (κ3) is 3.77. The highest BCUT2D eigenvalue weighted by atomic mass is 35.5. The molecule has 6 nitrogen and oxygen atoms in total. The molecule has 0 unspecified atom stereocenters. The number of rotatable bonds is 5. The molecule has 0 saturated heterocycles. The van der Waals surface area contributed by atoms with Crippen LogP contribution in [-0.4, -0.2) is 32.6 Å². The molecule has 0 aliphatic carbocycles. The molecule has 0 saturated carbocycles. The van der Waals surface area contributed by atoms with Crippen molar-refractivity contribution in [1.82, 2.24) is 25.5 Å². The predicted octanol–water partition coefficient (Wildman–Crippen LogP) is 1.95. The molecule has 7 heteroatoms. The van der Waals surface area contributed by atoms with Crippen LogP contribution in [-0.2, 0) is 6.42 Å². The number of aromatic amines is 1. The highest BCUT2D eigenvalue weighted by Gasteiger charge is 2.11. The summed E-state index contributed by atoms with van der Waals surface area (Å²) >= 11 is 5.94. The summed E-state index contributed by atoms with van der Waals surface area (Å²) in [4.78, 5) is 20.2. The van der Waals surface area contributed by atoms with E-state index in [1.807, 2.05) is 13.8 Å². The van der Waals surface area contributed by atoms with Gasteiger partial charge in [0.25, 0.3) is 5.91 Å². The quantitative estimate of drug-likeness (QED) is 0.825. The Kier molecular flexibility index (Phi) is 4.68. The van der Waals surface area contributed by atoms with Crippen LogP contribution in [0, 0.1) is 0 Å². The number of carbonyl (C=O) groups excluding carboxylic acids is 1. The maximum atomic E-state index is 12.1. The Hall–Kier alpha value is -1.95. The molecule has 0 spiro atoms. The lowest BCUT2D eigenvalue weighted by atomic mass is 10.1.